The molecule has 8 nitrogen and oxygen atoms in total. The van der Waals surface area contributed by atoms with E-state index in [1.165, 1.54) is 25.3 Å². The zero-order valence-electron chi connectivity index (χ0n) is 19.8. The lowest BCUT2D eigenvalue weighted by atomic mass is 10.1. The number of aromatic nitrogens is 1. The largest absolute Gasteiger partial charge is 0.486 e. The molecule has 11 heteroatoms. The molecule has 0 radical (unpaired) electrons. The molecular weight excluding hydrogens is 506 g/mol. The molecule has 0 aliphatic carbocycles. The summed E-state index contributed by atoms with van der Waals surface area (Å²) in [5.41, 5.74) is 1.69. The van der Waals surface area contributed by atoms with Gasteiger partial charge < -0.3 is 14.2 Å². The van der Waals surface area contributed by atoms with Crippen LogP contribution < -0.4 is 13.8 Å². The smallest absolute Gasteiger partial charge is 0.387 e. The Kier molecular flexibility index (Phi) is 8.02. The number of pyridine rings is 1. The number of alkyl halides is 2. The van der Waals surface area contributed by atoms with E-state index in [0.29, 0.717) is 11.3 Å². The van der Waals surface area contributed by atoms with E-state index in [9.17, 15) is 22.0 Å². The van der Waals surface area contributed by atoms with Crippen LogP contribution in [0.5, 0.6) is 11.5 Å². The number of fused-ring (bicyclic) bond motifs is 1. The van der Waals surface area contributed by atoms with Crippen LogP contribution in [0.2, 0.25) is 0 Å². The van der Waals surface area contributed by atoms with Gasteiger partial charge in [0.2, 0.25) is 0 Å². The molecule has 4 rings (SSSR count). The molecule has 1 aromatic heterocycles. The van der Waals surface area contributed by atoms with E-state index in [4.69, 9.17) is 4.74 Å². The minimum absolute atomic E-state index is 0.0347. The monoisotopic (exact) mass is 530 g/mol. The molecule has 37 heavy (non-hydrogen) atoms. The fraction of sp³-hybridized carbons (Fsp3) is 0.231. The number of carbonyl (C=O) groups excluding carboxylic acids is 1. The number of rotatable bonds is 9. The molecule has 3 aromatic rings. The van der Waals surface area contributed by atoms with Gasteiger partial charge in [0.05, 0.1) is 29.9 Å². The van der Waals surface area contributed by atoms with Crippen LogP contribution in [-0.4, -0.2) is 45.7 Å². The predicted molar refractivity (Wildman–Crippen MR) is 133 cm³/mol. The third kappa shape index (κ3) is 6.42. The first-order chi connectivity index (χ1) is 17.8. The minimum atomic E-state index is -4.22. The van der Waals surface area contributed by atoms with Crippen LogP contribution in [0.25, 0.3) is 12.2 Å². The molecule has 194 valence electrons. The van der Waals surface area contributed by atoms with Gasteiger partial charge in [0.25, 0.3) is 10.0 Å². The number of benzene rings is 2. The molecule has 0 saturated heterocycles. The average Bonchev–Trinajstić information content (AvgIpc) is 2.90. The van der Waals surface area contributed by atoms with Gasteiger partial charge in [-0.25, -0.2) is 8.42 Å². The lowest BCUT2D eigenvalue weighted by molar-refractivity contribution is -0.141. The van der Waals surface area contributed by atoms with Gasteiger partial charge in [-0.2, -0.15) is 8.78 Å². The maximum atomic E-state index is 13.7. The minimum Gasteiger partial charge on any atom is -0.486 e. The van der Waals surface area contributed by atoms with Gasteiger partial charge in [-0.3, -0.25) is 14.1 Å². The number of hydrogen-bond acceptors (Lipinski definition) is 7. The van der Waals surface area contributed by atoms with Crippen LogP contribution in [0, 0.1) is 0 Å². The van der Waals surface area contributed by atoms with E-state index >= 15 is 0 Å². The zero-order chi connectivity index (χ0) is 26.4. The Morgan fingerprint density at radius 2 is 2.00 bits per heavy atom. The molecule has 2 heterocycles. The quantitative estimate of drug-likeness (QED) is 0.368. The van der Waals surface area contributed by atoms with Gasteiger partial charge in [-0.05, 0) is 54.5 Å². The first-order valence-electron chi connectivity index (χ1n) is 11.3. The maximum Gasteiger partial charge on any atom is 0.387 e. The maximum absolute atomic E-state index is 13.7. The Morgan fingerprint density at radius 3 is 2.73 bits per heavy atom. The number of nitrogens with zero attached hydrogens (tertiary/aromatic N) is 2. The lowest BCUT2D eigenvalue weighted by Gasteiger charge is -2.35. The summed E-state index contributed by atoms with van der Waals surface area (Å²) in [6, 6.07) is 15.5. The molecule has 0 amide bonds. The Labute approximate surface area is 213 Å². The zero-order valence-corrected chi connectivity index (χ0v) is 20.6. The molecule has 1 aliphatic heterocycles. The summed E-state index contributed by atoms with van der Waals surface area (Å²) in [6.07, 6.45) is 4.84. The van der Waals surface area contributed by atoms with E-state index in [0.717, 1.165) is 16.1 Å². The topological polar surface area (TPSA) is 95.0 Å². The van der Waals surface area contributed by atoms with E-state index in [1.54, 1.807) is 42.6 Å². The van der Waals surface area contributed by atoms with Crippen molar-refractivity contribution in [3.8, 4) is 11.5 Å². The van der Waals surface area contributed by atoms with Crippen LogP contribution in [-0.2, 0) is 19.6 Å². The summed E-state index contributed by atoms with van der Waals surface area (Å²) in [4.78, 5) is 15.7. The van der Waals surface area contributed by atoms with Crippen LogP contribution in [0.15, 0.2) is 71.8 Å². The van der Waals surface area contributed by atoms with Crippen molar-refractivity contribution in [2.45, 2.75) is 30.5 Å². The van der Waals surface area contributed by atoms with Crippen molar-refractivity contribution in [3.63, 3.8) is 0 Å². The van der Waals surface area contributed by atoms with Crippen molar-refractivity contribution < 1.29 is 36.2 Å². The predicted octanol–water partition coefficient (Wildman–Crippen LogP) is 4.76. The number of carbonyl (C=O) groups is 1. The highest BCUT2D eigenvalue weighted by Gasteiger charge is 2.35. The van der Waals surface area contributed by atoms with Gasteiger partial charge >= 0.3 is 12.6 Å². The Hall–Kier alpha value is -3.99. The van der Waals surface area contributed by atoms with Crippen molar-refractivity contribution in [3.05, 3.63) is 78.1 Å². The van der Waals surface area contributed by atoms with Crippen molar-refractivity contribution in [1.29, 1.82) is 0 Å². The van der Waals surface area contributed by atoms with Crippen LogP contribution in [0.1, 0.15) is 24.1 Å². The normalized spacial score (nSPS) is 15.4. The van der Waals surface area contributed by atoms with Gasteiger partial charge in [-0.1, -0.05) is 24.3 Å². The van der Waals surface area contributed by atoms with Gasteiger partial charge in [0, 0.05) is 18.7 Å². The molecule has 1 unspecified atom stereocenters. The molecule has 0 bridgehead atoms. The fourth-order valence-electron chi connectivity index (χ4n) is 3.79. The summed E-state index contributed by atoms with van der Waals surface area (Å²) < 4.78 is 69.1. The number of esters is 1. The molecule has 1 atom stereocenters. The Morgan fingerprint density at radius 1 is 1.16 bits per heavy atom. The summed E-state index contributed by atoms with van der Waals surface area (Å²) in [6.45, 7) is -3.20. The first-order valence-corrected chi connectivity index (χ1v) is 12.7. The van der Waals surface area contributed by atoms with Crippen molar-refractivity contribution in [2.75, 3.05) is 18.0 Å². The highest BCUT2D eigenvalue weighted by atomic mass is 32.2. The summed E-state index contributed by atoms with van der Waals surface area (Å²) >= 11 is 0. The van der Waals surface area contributed by atoms with E-state index in [2.05, 4.69) is 14.5 Å². The molecule has 0 saturated carbocycles. The standard InChI is InChI=1S/C26H24F2N2O6S/c1-34-25(31)13-11-21-17-30(37(32,33)22-7-4-6-20(16-22)36-26(27)28)23-15-18(9-12-24(23)35-21)8-10-19-5-2-3-14-29-19/h2-10,12,14-16,21,26H,11,13,17H2,1H3/b10-8+. The Bertz CT molecular complexity index is 1380. The number of ether oxygens (including phenoxy) is 3. The fourth-order valence-corrected chi connectivity index (χ4v) is 5.32. The molecule has 1 aliphatic rings. The summed E-state index contributed by atoms with van der Waals surface area (Å²) in [7, 11) is -2.95. The molecule has 0 spiro atoms. The average molecular weight is 531 g/mol. The highest BCUT2D eigenvalue weighted by Crippen LogP contribution is 2.39. The second kappa shape index (κ2) is 11.4. The van der Waals surface area contributed by atoms with Crippen LogP contribution in [0.4, 0.5) is 14.5 Å². The van der Waals surface area contributed by atoms with Gasteiger partial charge in [0.1, 0.15) is 17.6 Å². The van der Waals surface area contributed by atoms with Crippen LogP contribution in [0.3, 0.4) is 0 Å². The van der Waals surface area contributed by atoms with Crippen LogP contribution >= 0.6 is 0 Å². The second-order valence-electron chi connectivity index (χ2n) is 8.06. The van der Waals surface area contributed by atoms with Crippen molar-refractivity contribution >= 4 is 33.8 Å². The number of methoxy groups -OCH3 is 1. The van der Waals surface area contributed by atoms with E-state index in [-0.39, 0.29) is 35.7 Å². The van der Waals surface area contributed by atoms with Crippen molar-refractivity contribution in [2.24, 2.45) is 0 Å². The number of hydrogen-bond donors (Lipinski definition) is 0. The molecule has 0 fully saturated rings. The van der Waals surface area contributed by atoms with E-state index in [1.807, 2.05) is 12.1 Å². The van der Waals surface area contributed by atoms with Crippen molar-refractivity contribution in [1.82, 2.24) is 4.98 Å². The van der Waals surface area contributed by atoms with Gasteiger partial charge in [0.15, 0.2) is 0 Å². The molecule has 0 N–H and O–H groups in total. The molecular formula is C26H24F2N2O6S. The third-order valence-electron chi connectivity index (χ3n) is 5.57. The third-order valence-corrected chi connectivity index (χ3v) is 7.34. The first kappa shape index (κ1) is 26.1. The van der Waals surface area contributed by atoms with Gasteiger partial charge in [-0.15, -0.1) is 0 Å². The number of halogens is 2. The number of sulfonamides is 1. The molecule has 2 aromatic carbocycles. The lowest BCUT2D eigenvalue weighted by Crippen LogP contribution is -2.43. The number of anilines is 1. The highest BCUT2D eigenvalue weighted by molar-refractivity contribution is 7.92. The van der Waals surface area contributed by atoms with E-state index < -0.39 is 28.7 Å². The summed E-state index contributed by atoms with van der Waals surface area (Å²) in [5, 5.41) is 0. The second-order valence-corrected chi connectivity index (χ2v) is 9.92. The Balaban J connectivity index is 1.71. The summed E-state index contributed by atoms with van der Waals surface area (Å²) in [5.74, 6) is -0.422. The SMILES string of the molecule is COC(=O)CCC1CN(S(=O)(=O)c2cccc(OC(F)F)c2)c2cc(/C=C/c3ccccn3)ccc2O1.